The summed E-state index contributed by atoms with van der Waals surface area (Å²) in [6.45, 7) is 3.99. The van der Waals surface area contributed by atoms with Crippen LogP contribution in [0.15, 0.2) is 58.6 Å². The van der Waals surface area contributed by atoms with E-state index in [1.807, 2.05) is 24.6 Å². The van der Waals surface area contributed by atoms with Crippen LogP contribution in [-0.4, -0.2) is 31.0 Å². The molecule has 2 aromatic heterocycles. The van der Waals surface area contributed by atoms with Crippen LogP contribution in [0.25, 0.3) is 0 Å². The number of aromatic nitrogens is 5. The molecular weight excluding hydrogens is 433 g/mol. The van der Waals surface area contributed by atoms with E-state index < -0.39 is 11.3 Å². The third kappa shape index (κ3) is 3.65. The number of aliphatic imine (C=N–C) groups is 1. The van der Waals surface area contributed by atoms with Gasteiger partial charge in [-0.25, -0.2) is 9.38 Å². The first-order valence-electron chi connectivity index (χ1n) is 10.3. The van der Waals surface area contributed by atoms with Gasteiger partial charge in [-0.05, 0) is 57.0 Å². The molecule has 3 aromatic rings. The maximum atomic E-state index is 13.3. The van der Waals surface area contributed by atoms with Gasteiger partial charge in [0.25, 0.3) is 0 Å². The van der Waals surface area contributed by atoms with E-state index in [1.54, 1.807) is 29.3 Å². The number of benzene rings is 1. The summed E-state index contributed by atoms with van der Waals surface area (Å²) in [4.78, 5) is 6.12. The van der Waals surface area contributed by atoms with Crippen molar-refractivity contribution in [3.63, 3.8) is 0 Å². The Labute approximate surface area is 189 Å². The lowest BCUT2D eigenvalue weighted by Gasteiger charge is -2.32. The van der Waals surface area contributed by atoms with Crippen LogP contribution < -0.4 is 16.4 Å². The first-order chi connectivity index (χ1) is 15.3. The largest absolute Gasteiger partial charge is 0.341 e. The minimum absolute atomic E-state index is 0.257. The molecule has 1 aromatic carbocycles. The van der Waals surface area contributed by atoms with Crippen LogP contribution in [0.2, 0.25) is 0 Å². The molecule has 1 aliphatic carbocycles. The zero-order chi connectivity index (χ0) is 22.5. The fourth-order valence-electron chi connectivity index (χ4n) is 3.59. The Hall–Kier alpha value is -3.24. The predicted molar refractivity (Wildman–Crippen MR) is 119 cm³/mol. The third-order valence-corrected chi connectivity index (χ3v) is 5.90. The molecule has 166 valence electrons. The molecule has 1 saturated carbocycles. The molecule has 2 aliphatic rings. The SMILES string of the molecule is CC(C)(c1cc(C2(N)N=CC(Cl)=C(Nc3ccc(F)cc3)N2)n(C2CC2)n1)n1nccn1. The molecule has 9 nitrogen and oxygen atoms in total. The van der Waals surface area contributed by atoms with Gasteiger partial charge in [0.1, 0.15) is 22.9 Å². The zero-order valence-corrected chi connectivity index (χ0v) is 18.4. The highest BCUT2D eigenvalue weighted by Gasteiger charge is 2.41. The summed E-state index contributed by atoms with van der Waals surface area (Å²) in [7, 11) is 0. The first-order valence-corrected chi connectivity index (χ1v) is 10.7. The monoisotopic (exact) mass is 455 g/mol. The van der Waals surface area contributed by atoms with E-state index in [9.17, 15) is 4.39 Å². The van der Waals surface area contributed by atoms with Gasteiger partial charge in [-0.1, -0.05) is 11.6 Å². The van der Waals surface area contributed by atoms with Crippen LogP contribution in [0, 0.1) is 5.82 Å². The highest BCUT2D eigenvalue weighted by Crippen LogP contribution is 2.39. The van der Waals surface area contributed by atoms with Gasteiger partial charge in [-0.2, -0.15) is 20.1 Å². The van der Waals surface area contributed by atoms with Gasteiger partial charge in [0.2, 0.25) is 5.79 Å². The molecule has 1 fully saturated rings. The number of hydrogen-bond acceptors (Lipinski definition) is 7. The lowest BCUT2D eigenvalue weighted by Crippen LogP contribution is -2.52. The number of rotatable bonds is 6. The predicted octanol–water partition coefficient (Wildman–Crippen LogP) is 3.00. The number of anilines is 1. The molecule has 1 atom stereocenters. The van der Waals surface area contributed by atoms with E-state index in [0.29, 0.717) is 22.2 Å². The van der Waals surface area contributed by atoms with Crippen molar-refractivity contribution in [2.45, 2.75) is 44.1 Å². The highest BCUT2D eigenvalue weighted by atomic mass is 35.5. The van der Waals surface area contributed by atoms with E-state index in [4.69, 9.17) is 22.4 Å². The van der Waals surface area contributed by atoms with Crippen molar-refractivity contribution < 1.29 is 4.39 Å². The molecule has 0 radical (unpaired) electrons. The van der Waals surface area contributed by atoms with Gasteiger partial charge in [0, 0.05) is 11.9 Å². The van der Waals surface area contributed by atoms with E-state index >= 15 is 0 Å². The Morgan fingerprint density at radius 1 is 1.22 bits per heavy atom. The lowest BCUT2D eigenvalue weighted by molar-refractivity contribution is 0.329. The Morgan fingerprint density at radius 2 is 1.91 bits per heavy atom. The average molecular weight is 456 g/mol. The van der Waals surface area contributed by atoms with Crippen molar-refractivity contribution in [3.8, 4) is 0 Å². The van der Waals surface area contributed by atoms with E-state index in [0.717, 1.165) is 18.5 Å². The molecule has 4 N–H and O–H groups in total. The molecule has 0 saturated heterocycles. The van der Waals surface area contributed by atoms with Crippen molar-refractivity contribution in [1.29, 1.82) is 0 Å². The van der Waals surface area contributed by atoms with Crippen molar-refractivity contribution in [3.05, 3.63) is 70.8 Å². The summed E-state index contributed by atoms with van der Waals surface area (Å²) in [5, 5.41) is 20.2. The summed E-state index contributed by atoms with van der Waals surface area (Å²) >= 11 is 6.37. The molecule has 5 rings (SSSR count). The first kappa shape index (κ1) is 20.7. The van der Waals surface area contributed by atoms with Crippen molar-refractivity contribution >= 4 is 23.5 Å². The van der Waals surface area contributed by atoms with Gasteiger partial charge in [0.15, 0.2) is 0 Å². The number of hydrogen-bond donors (Lipinski definition) is 3. The maximum Gasteiger partial charge on any atom is 0.227 e. The number of halogens is 2. The van der Waals surface area contributed by atoms with Gasteiger partial charge < -0.3 is 10.6 Å². The molecule has 11 heteroatoms. The van der Waals surface area contributed by atoms with Crippen LogP contribution in [0.1, 0.15) is 44.1 Å². The lowest BCUT2D eigenvalue weighted by atomic mass is 10.0. The number of nitrogens with one attached hydrogen (secondary N) is 2. The zero-order valence-electron chi connectivity index (χ0n) is 17.6. The van der Waals surface area contributed by atoms with Crippen LogP contribution in [0.3, 0.4) is 0 Å². The normalized spacial score (nSPS) is 21.0. The summed E-state index contributed by atoms with van der Waals surface area (Å²) in [5.41, 5.74) is 8.30. The maximum absolute atomic E-state index is 13.3. The van der Waals surface area contributed by atoms with Crippen LogP contribution in [0.5, 0.6) is 0 Å². The summed E-state index contributed by atoms with van der Waals surface area (Å²) in [6.07, 6.45) is 6.82. The van der Waals surface area contributed by atoms with Crippen molar-refractivity contribution in [2.75, 3.05) is 5.32 Å². The second-order valence-electron chi connectivity index (χ2n) is 8.47. The molecule has 0 spiro atoms. The van der Waals surface area contributed by atoms with E-state index in [-0.39, 0.29) is 11.9 Å². The topological polar surface area (TPSA) is 111 Å². The van der Waals surface area contributed by atoms with Crippen molar-refractivity contribution in [2.24, 2.45) is 10.7 Å². The Kier molecular flexibility index (Phi) is 4.79. The molecule has 0 bridgehead atoms. The third-order valence-electron chi connectivity index (χ3n) is 5.61. The van der Waals surface area contributed by atoms with Gasteiger partial charge in [-0.3, -0.25) is 10.4 Å². The Bertz CT molecular complexity index is 1190. The van der Waals surface area contributed by atoms with Gasteiger partial charge in [0.05, 0.1) is 29.2 Å². The molecule has 1 aliphatic heterocycles. The van der Waals surface area contributed by atoms with E-state index in [1.165, 1.54) is 18.3 Å². The van der Waals surface area contributed by atoms with Crippen LogP contribution >= 0.6 is 11.6 Å². The molecule has 0 amide bonds. The molecular formula is C21H23ClFN9. The van der Waals surface area contributed by atoms with Gasteiger partial charge in [-0.15, -0.1) is 0 Å². The second kappa shape index (κ2) is 7.42. The number of nitrogens with two attached hydrogens (primary N) is 1. The van der Waals surface area contributed by atoms with Gasteiger partial charge >= 0.3 is 0 Å². The highest BCUT2D eigenvalue weighted by molar-refractivity contribution is 6.40. The smallest absolute Gasteiger partial charge is 0.227 e. The second-order valence-corrected chi connectivity index (χ2v) is 8.88. The average Bonchev–Trinajstić information content (AvgIpc) is 3.26. The number of allylic oxidation sites excluding steroid dienone is 1. The summed E-state index contributed by atoms with van der Waals surface area (Å²) < 4.78 is 15.2. The van der Waals surface area contributed by atoms with Crippen LogP contribution in [-0.2, 0) is 11.3 Å². The summed E-state index contributed by atoms with van der Waals surface area (Å²) in [6, 6.07) is 8.15. The fraction of sp³-hybridized carbons (Fsp3) is 0.333. The molecule has 32 heavy (non-hydrogen) atoms. The van der Waals surface area contributed by atoms with E-state index in [2.05, 4.69) is 25.8 Å². The Morgan fingerprint density at radius 3 is 2.56 bits per heavy atom. The summed E-state index contributed by atoms with van der Waals surface area (Å²) in [5.74, 6) is -1.16. The number of nitrogens with zero attached hydrogens (tertiary/aromatic N) is 6. The molecule has 1 unspecified atom stereocenters. The minimum Gasteiger partial charge on any atom is -0.341 e. The fourth-order valence-corrected chi connectivity index (χ4v) is 3.73. The van der Waals surface area contributed by atoms with Crippen molar-refractivity contribution in [1.82, 2.24) is 30.1 Å². The Balaban J connectivity index is 1.49. The van der Waals surface area contributed by atoms with Crippen LogP contribution in [0.4, 0.5) is 10.1 Å². The standard InChI is InChI=1S/C21H23ClFN9/c1-20(2,32-26-9-10-27-32)17-11-18(31(30-17)15-7-8-15)21(24)25-12-16(22)19(29-21)28-14-5-3-13(23)4-6-14/h3-6,9-12,15,28-29H,7-8,24H2,1-2H3. The quantitative estimate of drug-likeness (QED) is 0.527. The molecule has 3 heterocycles. The minimum atomic E-state index is -1.30.